The summed E-state index contributed by atoms with van der Waals surface area (Å²) in [7, 11) is 0. The van der Waals surface area contributed by atoms with Crippen LogP contribution in [0.3, 0.4) is 0 Å². The van der Waals surface area contributed by atoms with E-state index in [2.05, 4.69) is 0 Å². The number of hydrogen-bond donors (Lipinski definition) is 2. The summed E-state index contributed by atoms with van der Waals surface area (Å²) in [6.45, 7) is 2.56. The first kappa shape index (κ1) is 14.0. The maximum absolute atomic E-state index is 12.2. The van der Waals surface area contributed by atoms with Gasteiger partial charge >= 0.3 is 5.97 Å². The van der Waals surface area contributed by atoms with Crippen molar-refractivity contribution in [3.8, 4) is 0 Å². The third-order valence-corrected chi connectivity index (χ3v) is 3.55. The van der Waals surface area contributed by atoms with Gasteiger partial charge in [-0.15, -0.1) is 0 Å². The number of aliphatic carboxylic acids is 1. The second kappa shape index (κ2) is 6.59. The first-order valence-electron chi connectivity index (χ1n) is 6.30. The molecule has 0 aromatic heterocycles. The van der Waals surface area contributed by atoms with E-state index in [1.807, 2.05) is 0 Å². The molecule has 0 aromatic rings. The van der Waals surface area contributed by atoms with Crippen molar-refractivity contribution in [2.75, 3.05) is 19.6 Å². The van der Waals surface area contributed by atoms with Gasteiger partial charge in [-0.05, 0) is 32.2 Å². The molecule has 0 heterocycles. The van der Waals surface area contributed by atoms with E-state index in [1.54, 1.807) is 6.92 Å². The summed E-state index contributed by atoms with van der Waals surface area (Å²) in [6.07, 6.45) is 3.99. The van der Waals surface area contributed by atoms with Crippen molar-refractivity contribution in [2.24, 2.45) is 17.6 Å². The Balaban J connectivity index is 2.67. The van der Waals surface area contributed by atoms with Crippen LogP contribution in [0.5, 0.6) is 0 Å². The summed E-state index contributed by atoms with van der Waals surface area (Å²) in [6, 6.07) is 0. The molecule has 0 aromatic carbocycles. The second-order valence-corrected chi connectivity index (χ2v) is 4.63. The summed E-state index contributed by atoms with van der Waals surface area (Å²) in [4.78, 5) is 24.3. The number of likely N-dealkylation sites (N-methyl/N-ethyl adjacent to an activating group) is 1. The Labute approximate surface area is 102 Å². The lowest BCUT2D eigenvalue weighted by Gasteiger charge is -2.33. The normalized spacial score (nSPS) is 24.4. The molecular formula is C12H22N2O3. The van der Waals surface area contributed by atoms with Gasteiger partial charge in [-0.3, -0.25) is 9.59 Å². The number of hydrogen-bond acceptors (Lipinski definition) is 3. The van der Waals surface area contributed by atoms with Crippen LogP contribution >= 0.6 is 0 Å². The van der Waals surface area contributed by atoms with Gasteiger partial charge in [-0.25, -0.2) is 0 Å². The number of amides is 1. The number of carbonyl (C=O) groups excluding carboxylic acids is 1. The van der Waals surface area contributed by atoms with Gasteiger partial charge in [-0.2, -0.15) is 0 Å². The Kier molecular flexibility index (Phi) is 5.41. The summed E-state index contributed by atoms with van der Waals surface area (Å²) >= 11 is 0. The first-order chi connectivity index (χ1) is 8.10. The van der Waals surface area contributed by atoms with E-state index in [0.717, 1.165) is 25.7 Å². The molecule has 5 nitrogen and oxygen atoms in total. The highest BCUT2D eigenvalue weighted by molar-refractivity contribution is 5.83. The Hall–Kier alpha value is -1.10. The monoisotopic (exact) mass is 242 g/mol. The fourth-order valence-electron chi connectivity index (χ4n) is 2.56. The Morgan fingerprint density at radius 3 is 2.53 bits per heavy atom. The third-order valence-electron chi connectivity index (χ3n) is 3.55. The van der Waals surface area contributed by atoms with Gasteiger partial charge in [0.05, 0.1) is 0 Å². The van der Waals surface area contributed by atoms with Crippen LogP contribution in [0.25, 0.3) is 0 Å². The topological polar surface area (TPSA) is 83.6 Å². The molecule has 0 aliphatic heterocycles. The Bertz CT molecular complexity index is 281. The summed E-state index contributed by atoms with van der Waals surface area (Å²) in [5.74, 6) is -0.850. The van der Waals surface area contributed by atoms with Crippen molar-refractivity contribution in [3.63, 3.8) is 0 Å². The van der Waals surface area contributed by atoms with Gasteiger partial charge in [0.2, 0.25) is 5.91 Å². The van der Waals surface area contributed by atoms with Crippen LogP contribution in [-0.2, 0) is 9.59 Å². The van der Waals surface area contributed by atoms with Crippen LogP contribution < -0.4 is 5.73 Å². The molecule has 17 heavy (non-hydrogen) atoms. The van der Waals surface area contributed by atoms with E-state index < -0.39 is 5.97 Å². The van der Waals surface area contributed by atoms with E-state index in [0.29, 0.717) is 13.1 Å². The molecule has 2 atom stereocenters. The third kappa shape index (κ3) is 3.70. The van der Waals surface area contributed by atoms with Crippen LogP contribution in [0, 0.1) is 11.8 Å². The summed E-state index contributed by atoms with van der Waals surface area (Å²) < 4.78 is 0. The predicted molar refractivity (Wildman–Crippen MR) is 64.4 cm³/mol. The lowest BCUT2D eigenvalue weighted by Crippen LogP contribution is -2.44. The number of carboxylic acids is 1. The first-order valence-corrected chi connectivity index (χ1v) is 6.30. The highest BCUT2D eigenvalue weighted by atomic mass is 16.4. The number of carbonyl (C=O) groups is 2. The second-order valence-electron chi connectivity index (χ2n) is 4.63. The molecule has 1 aliphatic carbocycles. The fraction of sp³-hybridized carbons (Fsp3) is 0.833. The largest absolute Gasteiger partial charge is 0.480 e. The van der Waals surface area contributed by atoms with Gasteiger partial charge in [0.1, 0.15) is 6.54 Å². The van der Waals surface area contributed by atoms with Crippen molar-refractivity contribution >= 4 is 11.9 Å². The van der Waals surface area contributed by atoms with Gasteiger partial charge in [0.25, 0.3) is 0 Å². The highest BCUT2D eigenvalue weighted by Gasteiger charge is 2.32. The molecule has 0 spiro atoms. The molecule has 0 bridgehead atoms. The van der Waals surface area contributed by atoms with Crippen molar-refractivity contribution in [1.82, 2.24) is 4.90 Å². The average Bonchev–Trinajstić information content (AvgIpc) is 2.34. The molecule has 1 amide bonds. The molecule has 1 aliphatic rings. The quantitative estimate of drug-likeness (QED) is 0.742. The van der Waals surface area contributed by atoms with Crippen LogP contribution in [0.15, 0.2) is 0 Å². The SMILES string of the molecule is CCN(CC(=O)O)C(=O)C1CCCCC1CN. The van der Waals surface area contributed by atoms with Crippen LogP contribution in [0.4, 0.5) is 0 Å². The van der Waals surface area contributed by atoms with Gasteiger partial charge in [0.15, 0.2) is 0 Å². The molecule has 0 saturated heterocycles. The van der Waals surface area contributed by atoms with Crippen LogP contribution in [0.1, 0.15) is 32.6 Å². The van der Waals surface area contributed by atoms with Crippen LogP contribution in [-0.4, -0.2) is 41.5 Å². The maximum Gasteiger partial charge on any atom is 0.323 e. The zero-order valence-electron chi connectivity index (χ0n) is 10.4. The number of carboxylic acid groups (broad SMARTS) is 1. The minimum Gasteiger partial charge on any atom is -0.480 e. The molecule has 1 fully saturated rings. The lowest BCUT2D eigenvalue weighted by atomic mass is 9.78. The maximum atomic E-state index is 12.2. The average molecular weight is 242 g/mol. The lowest BCUT2D eigenvalue weighted by molar-refractivity contribution is -0.147. The Morgan fingerprint density at radius 1 is 1.35 bits per heavy atom. The molecular weight excluding hydrogens is 220 g/mol. The van der Waals surface area contributed by atoms with E-state index >= 15 is 0 Å². The van der Waals surface area contributed by atoms with E-state index in [-0.39, 0.29) is 24.3 Å². The minimum atomic E-state index is -0.958. The molecule has 98 valence electrons. The molecule has 1 saturated carbocycles. The van der Waals surface area contributed by atoms with Gasteiger partial charge in [-0.1, -0.05) is 12.8 Å². The van der Waals surface area contributed by atoms with E-state index in [9.17, 15) is 9.59 Å². The van der Waals surface area contributed by atoms with Crippen LogP contribution in [0.2, 0.25) is 0 Å². The van der Waals surface area contributed by atoms with Crippen molar-refractivity contribution in [3.05, 3.63) is 0 Å². The predicted octanol–water partition coefficient (Wildman–Crippen LogP) is 0.685. The number of nitrogens with zero attached hydrogens (tertiary/aromatic N) is 1. The molecule has 1 rings (SSSR count). The van der Waals surface area contributed by atoms with E-state index in [4.69, 9.17) is 10.8 Å². The minimum absolute atomic E-state index is 0.0370. The zero-order valence-corrected chi connectivity index (χ0v) is 10.4. The zero-order chi connectivity index (χ0) is 12.8. The smallest absolute Gasteiger partial charge is 0.323 e. The summed E-state index contributed by atoms with van der Waals surface area (Å²) in [5, 5.41) is 8.77. The van der Waals surface area contributed by atoms with Crippen molar-refractivity contribution < 1.29 is 14.7 Å². The fourth-order valence-corrected chi connectivity index (χ4v) is 2.56. The molecule has 3 N–H and O–H groups in total. The van der Waals surface area contributed by atoms with Crippen molar-refractivity contribution in [2.45, 2.75) is 32.6 Å². The van der Waals surface area contributed by atoms with Gasteiger partial charge in [0, 0.05) is 12.5 Å². The molecule has 0 radical (unpaired) electrons. The number of rotatable bonds is 5. The van der Waals surface area contributed by atoms with Crippen molar-refractivity contribution in [1.29, 1.82) is 0 Å². The molecule has 2 unspecified atom stereocenters. The molecule has 5 heteroatoms. The Morgan fingerprint density at radius 2 is 2.00 bits per heavy atom. The number of nitrogens with two attached hydrogens (primary N) is 1. The van der Waals surface area contributed by atoms with Gasteiger partial charge < -0.3 is 15.7 Å². The standard InChI is InChI=1S/C12H22N2O3/c1-2-14(8-11(15)16)12(17)10-6-4-3-5-9(10)7-13/h9-10H,2-8,13H2,1H3,(H,15,16). The highest BCUT2D eigenvalue weighted by Crippen LogP contribution is 2.30. The summed E-state index contributed by atoms with van der Waals surface area (Å²) in [5.41, 5.74) is 5.69. The van der Waals surface area contributed by atoms with E-state index in [1.165, 1.54) is 4.90 Å².